The van der Waals surface area contributed by atoms with E-state index in [2.05, 4.69) is 5.43 Å². The molecule has 0 saturated carbocycles. The number of carbonyl (C=O) groups excluding carboxylic acids is 1. The summed E-state index contributed by atoms with van der Waals surface area (Å²) in [5, 5.41) is 9.09. The van der Waals surface area contributed by atoms with Crippen molar-refractivity contribution in [3.8, 4) is 11.5 Å². The largest absolute Gasteiger partial charge is 0.488 e. The summed E-state index contributed by atoms with van der Waals surface area (Å²) < 4.78 is 11.8. The molecule has 0 saturated heterocycles. The minimum atomic E-state index is -0.905. The lowest BCUT2D eigenvalue weighted by Gasteiger charge is -2.15. The van der Waals surface area contributed by atoms with Crippen LogP contribution in [0.1, 0.15) is 67.9 Å². The highest BCUT2D eigenvalue weighted by atomic mass is 16.5. The topological polar surface area (TPSA) is 111 Å². The Bertz CT molecular complexity index is 1450. The molecule has 0 bridgehead atoms. The van der Waals surface area contributed by atoms with E-state index in [-0.39, 0.29) is 5.91 Å². The van der Waals surface area contributed by atoms with Crippen molar-refractivity contribution in [1.82, 2.24) is 5.43 Å². The molecule has 0 aromatic heterocycles. The summed E-state index contributed by atoms with van der Waals surface area (Å²) in [5.41, 5.74) is 8.96. The van der Waals surface area contributed by atoms with Crippen LogP contribution in [0.15, 0.2) is 84.9 Å². The van der Waals surface area contributed by atoms with Crippen molar-refractivity contribution >= 4 is 11.9 Å². The molecule has 0 aliphatic carbocycles. The number of rotatable bonds is 10. The zero-order valence-electron chi connectivity index (χ0n) is 24.1. The number of nitrogen functional groups attached to an aromatic ring is 1. The van der Waals surface area contributed by atoms with E-state index < -0.39 is 5.97 Å². The molecule has 0 spiro atoms. The highest BCUT2D eigenvalue weighted by molar-refractivity contribution is 5.94. The number of aromatic carboxylic acids is 1. The van der Waals surface area contributed by atoms with Crippen LogP contribution in [0, 0.1) is 13.8 Å². The smallest absolute Gasteiger partial charge is 0.335 e. The van der Waals surface area contributed by atoms with Crippen LogP contribution in [0.4, 0.5) is 0 Å². The zero-order valence-corrected chi connectivity index (χ0v) is 24.1. The summed E-state index contributed by atoms with van der Waals surface area (Å²) in [7, 11) is 0. The molecule has 4 rings (SSSR count). The van der Waals surface area contributed by atoms with Gasteiger partial charge in [-0.2, -0.15) is 0 Å². The molecular weight excluding hydrogens is 516 g/mol. The van der Waals surface area contributed by atoms with E-state index in [0.29, 0.717) is 24.3 Å². The van der Waals surface area contributed by atoms with Gasteiger partial charge in [0.1, 0.15) is 24.7 Å². The third-order valence-electron chi connectivity index (χ3n) is 6.56. The van der Waals surface area contributed by atoms with Gasteiger partial charge in [-0.25, -0.2) is 10.6 Å². The molecule has 4 aromatic carbocycles. The molecule has 41 heavy (non-hydrogen) atoms. The van der Waals surface area contributed by atoms with Gasteiger partial charge in [-0.1, -0.05) is 74.5 Å². The van der Waals surface area contributed by atoms with Gasteiger partial charge in [-0.15, -0.1) is 0 Å². The van der Waals surface area contributed by atoms with Gasteiger partial charge < -0.3 is 14.6 Å². The molecule has 7 nitrogen and oxygen atoms in total. The van der Waals surface area contributed by atoms with Crippen LogP contribution in [0.3, 0.4) is 0 Å². The van der Waals surface area contributed by atoms with Crippen molar-refractivity contribution in [2.75, 3.05) is 0 Å². The van der Waals surface area contributed by atoms with E-state index in [4.69, 9.17) is 20.4 Å². The number of ether oxygens (including phenoxy) is 2. The number of amides is 1. The van der Waals surface area contributed by atoms with Crippen molar-refractivity contribution in [2.45, 2.75) is 53.8 Å². The average Bonchev–Trinajstić information content (AvgIpc) is 2.99. The minimum Gasteiger partial charge on any atom is -0.488 e. The van der Waals surface area contributed by atoms with Gasteiger partial charge >= 0.3 is 5.97 Å². The van der Waals surface area contributed by atoms with Gasteiger partial charge in [0.25, 0.3) is 5.91 Å². The Labute approximate surface area is 241 Å². The number of hydrogen-bond acceptors (Lipinski definition) is 5. The van der Waals surface area contributed by atoms with E-state index >= 15 is 0 Å². The molecule has 0 heterocycles. The quantitative estimate of drug-likeness (QED) is 0.116. The lowest BCUT2D eigenvalue weighted by Crippen LogP contribution is -2.30. The Morgan fingerprint density at radius 3 is 1.51 bits per heavy atom. The number of nitrogens with two attached hydrogens (primary N) is 1. The molecular formula is C34H38N2O5. The van der Waals surface area contributed by atoms with Crippen LogP contribution < -0.4 is 20.7 Å². The molecule has 1 amide bonds. The van der Waals surface area contributed by atoms with Crippen molar-refractivity contribution < 1.29 is 24.2 Å². The predicted molar refractivity (Wildman–Crippen MR) is 161 cm³/mol. The number of benzene rings is 4. The Balaban J connectivity index is 0.000000226. The molecule has 0 radical (unpaired) electrons. The van der Waals surface area contributed by atoms with Crippen molar-refractivity contribution in [3.05, 3.63) is 129 Å². The molecule has 4 aromatic rings. The highest BCUT2D eigenvalue weighted by Crippen LogP contribution is 2.28. The fraction of sp³-hybridized carbons (Fsp3) is 0.235. The summed E-state index contributed by atoms with van der Waals surface area (Å²) in [4.78, 5) is 22.7. The van der Waals surface area contributed by atoms with Crippen LogP contribution in [-0.2, 0) is 26.1 Å². The van der Waals surface area contributed by atoms with Crippen molar-refractivity contribution in [1.29, 1.82) is 0 Å². The van der Waals surface area contributed by atoms with E-state index in [1.807, 2.05) is 94.4 Å². The first-order valence-corrected chi connectivity index (χ1v) is 13.6. The van der Waals surface area contributed by atoms with Crippen molar-refractivity contribution in [2.24, 2.45) is 5.84 Å². The third-order valence-corrected chi connectivity index (χ3v) is 6.56. The van der Waals surface area contributed by atoms with Gasteiger partial charge in [0, 0.05) is 5.56 Å². The van der Waals surface area contributed by atoms with E-state index in [0.717, 1.165) is 57.7 Å². The number of hydrogen-bond donors (Lipinski definition) is 3. The molecule has 0 aliphatic heterocycles. The summed E-state index contributed by atoms with van der Waals surface area (Å²) >= 11 is 0. The van der Waals surface area contributed by atoms with Gasteiger partial charge in [0.05, 0.1) is 5.56 Å². The maximum Gasteiger partial charge on any atom is 0.335 e. The van der Waals surface area contributed by atoms with Gasteiger partial charge in [0.2, 0.25) is 0 Å². The minimum absolute atomic E-state index is 0.289. The van der Waals surface area contributed by atoms with E-state index in [1.54, 1.807) is 18.2 Å². The fourth-order valence-corrected chi connectivity index (χ4v) is 4.43. The summed E-state index contributed by atoms with van der Waals surface area (Å²) in [6.07, 6.45) is 1.53. The molecule has 7 heteroatoms. The summed E-state index contributed by atoms with van der Waals surface area (Å²) in [6, 6.07) is 26.9. The number of carboxylic acids is 1. The van der Waals surface area contributed by atoms with Crippen LogP contribution in [0.2, 0.25) is 0 Å². The van der Waals surface area contributed by atoms with E-state index in [9.17, 15) is 9.59 Å². The Kier molecular flexibility index (Phi) is 11.5. The first-order chi connectivity index (χ1) is 19.8. The van der Waals surface area contributed by atoms with Gasteiger partial charge in [-0.3, -0.25) is 10.2 Å². The molecule has 0 aliphatic rings. The lowest BCUT2D eigenvalue weighted by molar-refractivity contribution is 0.0696. The number of hydrazine groups is 1. The van der Waals surface area contributed by atoms with E-state index in [1.165, 1.54) is 0 Å². The van der Waals surface area contributed by atoms with Crippen LogP contribution >= 0.6 is 0 Å². The first kappa shape index (κ1) is 30.9. The van der Waals surface area contributed by atoms with Gasteiger partial charge in [0.15, 0.2) is 0 Å². The molecule has 4 N–H and O–H groups in total. The lowest BCUT2D eigenvalue weighted by atomic mass is 10.0. The Hall–Kier alpha value is -4.62. The zero-order chi connectivity index (χ0) is 29.8. The number of carboxylic acid groups (broad SMARTS) is 1. The maximum absolute atomic E-state index is 11.6. The number of nitrogens with one attached hydrogen (secondary N) is 1. The number of aryl methyl sites for hydroxylation is 4. The summed E-state index contributed by atoms with van der Waals surface area (Å²) in [5.74, 6) is 5.63. The van der Waals surface area contributed by atoms with Gasteiger partial charge in [-0.05, 0) is 84.3 Å². The SMILES string of the molecule is CCc1cc(C(=O)NN)cc(C)c1OCc1ccccc1.CCc1cc(C(=O)O)cc(C)c1OCc1ccccc1. The second-order valence-electron chi connectivity index (χ2n) is 9.60. The first-order valence-electron chi connectivity index (χ1n) is 13.6. The Morgan fingerprint density at radius 1 is 0.707 bits per heavy atom. The van der Waals surface area contributed by atoms with Crippen LogP contribution in [0.25, 0.3) is 0 Å². The van der Waals surface area contributed by atoms with Crippen molar-refractivity contribution in [3.63, 3.8) is 0 Å². The average molecular weight is 555 g/mol. The molecule has 0 atom stereocenters. The highest BCUT2D eigenvalue weighted by Gasteiger charge is 2.14. The Morgan fingerprint density at radius 2 is 1.12 bits per heavy atom. The van der Waals surface area contributed by atoms with Crippen LogP contribution in [-0.4, -0.2) is 17.0 Å². The maximum atomic E-state index is 11.6. The second-order valence-corrected chi connectivity index (χ2v) is 9.60. The molecule has 0 fully saturated rings. The monoisotopic (exact) mass is 554 g/mol. The summed E-state index contributed by atoms with van der Waals surface area (Å²) in [6.45, 7) is 8.85. The fourth-order valence-electron chi connectivity index (χ4n) is 4.43. The standard InChI is InChI=1S/C17H20N2O2.C17H18O3/c1-3-14-10-15(17(20)19-18)9-12(2)16(14)21-11-13-7-5-4-6-8-13;1-3-14-10-15(17(18)19)9-12(2)16(14)20-11-13-7-5-4-6-8-13/h4-10H,3,11,18H2,1-2H3,(H,19,20);4-10H,3,11H2,1-2H3,(H,18,19). The second kappa shape index (κ2) is 15.2. The molecule has 0 unspecified atom stereocenters. The normalized spacial score (nSPS) is 10.3. The molecule has 214 valence electrons. The predicted octanol–water partition coefficient (Wildman–Crippen LogP) is 6.57. The third kappa shape index (κ3) is 8.68. The van der Waals surface area contributed by atoms with Crippen LogP contribution in [0.5, 0.6) is 11.5 Å². The number of carbonyl (C=O) groups is 2.